The van der Waals surface area contributed by atoms with E-state index in [4.69, 9.17) is 0 Å². The summed E-state index contributed by atoms with van der Waals surface area (Å²) in [5.74, 6) is 2.22. The van der Waals surface area contributed by atoms with Crippen LogP contribution in [0.4, 0.5) is 4.79 Å². The number of hydrogen-bond donors (Lipinski definition) is 3. The van der Waals surface area contributed by atoms with E-state index in [1.807, 2.05) is 35.2 Å². The predicted octanol–water partition coefficient (Wildman–Crippen LogP) is 9.68. The zero-order chi connectivity index (χ0) is 38.1. The SMILES string of the molecule is Cc1ccc(C(=O)C2=CC34C=CC25C(CCC2(C)C5CCC2(O)CN(CC2CCC5CC2C5(C)C)C(=O)NC(C)c2ccccc2)C3(C)CCC(O)C4)s1. The lowest BCUT2D eigenvalue weighted by Crippen LogP contribution is -2.67. The minimum atomic E-state index is -1.10. The van der Waals surface area contributed by atoms with Crippen molar-refractivity contribution in [3.05, 3.63) is 81.6 Å². The number of aryl methyl sites for hydroxylation is 1. The number of aliphatic hydroxyl groups is 2. The van der Waals surface area contributed by atoms with Crippen molar-refractivity contribution in [1.29, 1.82) is 0 Å². The third kappa shape index (κ3) is 5.01. The summed E-state index contributed by atoms with van der Waals surface area (Å²) in [6.45, 7) is 14.7. The maximum absolute atomic E-state index is 14.9. The molecule has 1 aromatic carbocycles. The summed E-state index contributed by atoms with van der Waals surface area (Å²) >= 11 is 1.57. The van der Waals surface area contributed by atoms with Crippen molar-refractivity contribution in [2.24, 2.45) is 56.7 Å². The maximum atomic E-state index is 14.9. The Morgan fingerprint density at radius 2 is 1.65 bits per heavy atom. The van der Waals surface area contributed by atoms with Gasteiger partial charge >= 0.3 is 6.03 Å². The average molecular weight is 751 g/mol. The Balaban J connectivity index is 1.08. The molecular formula is C47H62N2O4S. The Labute approximate surface area is 326 Å². The number of benzene rings is 1. The summed E-state index contributed by atoms with van der Waals surface area (Å²) in [7, 11) is 0. The van der Waals surface area contributed by atoms with Crippen molar-refractivity contribution < 1.29 is 19.8 Å². The first kappa shape index (κ1) is 36.9. The van der Waals surface area contributed by atoms with Crippen molar-refractivity contribution in [2.75, 3.05) is 13.1 Å². The Morgan fingerprint density at radius 3 is 2.35 bits per heavy atom. The second-order valence-corrected chi connectivity index (χ2v) is 21.5. The number of allylic oxidation sites excluding steroid dienone is 4. The van der Waals surface area contributed by atoms with Gasteiger partial charge in [0.15, 0.2) is 5.78 Å². The highest BCUT2D eigenvalue weighted by atomic mass is 32.1. The number of amides is 2. The fourth-order valence-corrected chi connectivity index (χ4v) is 15.2. The Kier molecular flexibility index (Phi) is 8.45. The summed E-state index contributed by atoms with van der Waals surface area (Å²) in [5.41, 5.74) is -0.269. The number of carbonyl (C=O) groups is 2. The molecule has 2 aromatic rings. The number of Topliss-reactive ketones (excluding diaryl/α,β-unsaturated/α-hetero) is 1. The molecule has 1 aromatic heterocycles. The molecule has 12 atom stereocenters. The molecule has 9 aliphatic rings. The van der Waals surface area contributed by atoms with Crippen molar-refractivity contribution >= 4 is 23.2 Å². The van der Waals surface area contributed by atoms with Gasteiger partial charge in [0.05, 0.1) is 29.2 Å². The highest BCUT2D eigenvalue weighted by Crippen LogP contribution is 2.78. The van der Waals surface area contributed by atoms with Gasteiger partial charge in [0.2, 0.25) is 0 Å². The third-order valence-electron chi connectivity index (χ3n) is 17.8. The van der Waals surface area contributed by atoms with E-state index in [-0.39, 0.29) is 46.6 Å². The van der Waals surface area contributed by atoms with E-state index < -0.39 is 16.4 Å². The molecule has 0 saturated heterocycles. The number of nitrogens with zero attached hydrogens (tertiary/aromatic N) is 1. The van der Waals surface area contributed by atoms with E-state index in [2.05, 4.69) is 77.2 Å². The number of hydrogen-bond acceptors (Lipinski definition) is 5. The molecule has 0 aliphatic heterocycles. The Morgan fingerprint density at radius 1 is 0.926 bits per heavy atom. The van der Waals surface area contributed by atoms with Gasteiger partial charge in [-0.3, -0.25) is 4.79 Å². The molecule has 0 radical (unpaired) electrons. The number of aliphatic hydroxyl groups excluding tert-OH is 1. The van der Waals surface area contributed by atoms with Crippen LogP contribution in [0, 0.1) is 63.6 Å². The fourth-order valence-electron chi connectivity index (χ4n) is 14.4. The largest absolute Gasteiger partial charge is 0.393 e. The number of urea groups is 1. The van der Waals surface area contributed by atoms with Crippen LogP contribution in [0.3, 0.4) is 0 Å². The first-order valence-electron chi connectivity index (χ1n) is 21.1. The van der Waals surface area contributed by atoms with Gasteiger partial charge in [0.25, 0.3) is 0 Å². The lowest BCUT2D eigenvalue weighted by molar-refractivity contribution is -0.176. The van der Waals surface area contributed by atoms with E-state index in [0.29, 0.717) is 43.2 Å². The normalized spacial score (nSPS) is 42.9. The van der Waals surface area contributed by atoms with E-state index in [1.54, 1.807) is 11.3 Å². The molecule has 6 nitrogen and oxygen atoms in total. The van der Waals surface area contributed by atoms with Crippen LogP contribution in [0.1, 0.15) is 125 Å². The molecule has 4 bridgehead atoms. The van der Waals surface area contributed by atoms with Gasteiger partial charge in [-0.15, -0.1) is 11.3 Å². The number of nitrogens with one attached hydrogen (secondary N) is 1. The maximum Gasteiger partial charge on any atom is 0.317 e. The predicted molar refractivity (Wildman–Crippen MR) is 215 cm³/mol. The number of thiophene rings is 1. The van der Waals surface area contributed by atoms with Crippen LogP contribution >= 0.6 is 11.3 Å². The molecule has 9 aliphatic carbocycles. The van der Waals surface area contributed by atoms with E-state index in [9.17, 15) is 19.8 Å². The summed E-state index contributed by atoms with van der Waals surface area (Å²) in [6, 6.07) is 14.0. The Bertz CT molecular complexity index is 1900. The van der Waals surface area contributed by atoms with E-state index >= 15 is 0 Å². The van der Waals surface area contributed by atoms with Crippen molar-refractivity contribution in [3.63, 3.8) is 0 Å². The summed E-state index contributed by atoms with van der Waals surface area (Å²) in [4.78, 5) is 33.4. The molecule has 7 heteroatoms. The lowest BCUT2D eigenvalue weighted by atomic mass is 9.32. The summed E-state index contributed by atoms with van der Waals surface area (Å²) in [5, 5.41) is 27.8. The molecule has 2 spiro atoms. The Hall–Kier alpha value is -2.74. The lowest BCUT2D eigenvalue weighted by Gasteiger charge is -2.71. The monoisotopic (exact) mass is 750 g/mol. The second kappa shape index (κ2) is 12.4. The zero-order valence-electron chi connectivity index (χ0n) is 33.4. The fraction of sp³-hybridized carbons (Fsp3) is 0.660. The van der Waals surface area contributed by atoms with Crippen molar-refractivity contribution in [2.45, 2.75) is 123 Å². The van der Waals surface area contributed by atoms with Crippen LogP contribution in [-0.2, 0) is 0 Å². The van der Waals surface area contributed by atoms with Gasteiger partial charge in [0.1, 0.15) is 0 Å². The highest BCUT2D eigenvalue weighted by Gasteiger charge is 2.74. The minimum absolute atomic E-state index is 0.0531. The molecule has 6 saturated carbocycles. The van der Waals surface area contributed by atoms with Crippen LogP contribution in [0.15, 0.2) is 66.3 Å². The van der Waals surface area contributed by atoms with Gasteiger partial charge in [-0.2, -0.15) is 0 Å². The molecule has 12 unspecified atom stereocenters. The van der Waals surface area contributed by atoms with Gasteiger partial charge < -0.3 is 20.4 Å². The number of ketones is 1. The highest BCUT2D eigenvalue weighted by molar-refractivity contribution is 7.14. The molecule has 2 amide bonds. The van der Waals surface area contributed by atoms with Crippen molar-refractivity contribution in [3.8, 4) is 0 Å². The first-order chi connectivity index (χ1) is 25.6. The van der Waals surface area contributed by atoms with Crippen LogP contribution in [0.5, 0.6) is 0 Å². The molecule has 3 N–H and O–H groups in total. The molecular weight excluding hydrogens is 689 g/mol. The quantitative estimate of drug-likeness (QED) is 0.185. The van der Waals surface area contributed by atoms with Gasteiger partial charge in [0, 0.05) is 33.2 Å². The standard InChI is InChI=1S/C47H62N2O4S/c1-29-12-15-37(54-29)40(51)36-26-45-22-23-47(36)38(43(45,5)19-16-34(50)25-45)17-20-44(6)39(47)18-21-46(44,53)28-49(27-32-13-14-33-24-35(32)42(33,3)4)41(52)48-30(2)31-10-8-7-9-11-31/h7-12,15,22-23,26,30,32-35,38-39,50,53H,13-14,16-21,24-25,27-28H2,1-6H3,(H,48,52). The molecule has 290 valence electrons. The average Bonchev–Trinajstić information content (AvgIpc) is 3.70. The zero-order valence-corrected chi connectivity index (χ0v) is 34.2. The van der Waals surface area contributed by atoms with Crippen LogP contribution < -0.4 is 5.32 Å². The molecule has 6 fully saturated rings. The smallest absolute Gasteiger partial charge is 0.317 e. The minimum Gasteiger partial charge on any atom is -0.393 e. The van der Waals surface area contributed by atoms with Crippen LogP contribution in [0.25, 0.3) is 0 Å². The summed E-state index contributed by atoms with van der Waals surface area (Å²) in [6.07, 6.45) is 15.9. The van der Waals surface area contributed by atoms with Crippen LogP contribution in [-0.4, -0.2) is 51.7 Å². The number of carbonyl (C=O) groups excluding carboxylic acids is 2. The topological polar surface area (TPSA) is 89.9 Å². The summed E-state index contributed by atoms with van der Waals surface area (Å²) < 4.78 is 0. The molecule has 1 heterocycles. The van der Waals surface area contributed by atoms with Crippen LogP contribution in [0.2, 0.25) is 0 Å². The van der Waals surface area contributed by atoms with Gasteiger partial charge in [-0.1, -0.05) is 76.3 Å². The first-order valence-corrected chi connectivity index (χ1v) is 21.9. The van der Waals surface area contributed by atoms with E-state index in [0.717, 1.165) is 65.3 Å². The van der Waals surface area contributed by atoms with E-state index in [1.165, 1.54) is 12.8 Å². The van der Waals surface area contributed by atoms with Gasteiger partial charge in [-0.05, 0) is 136 Å². The second-order valence-electron chi connectivity index (χ2n) is 20.2. The molecule has 54 heavy (non-hydrogen) atoms. The van der Waals surface area contributed by atoms with Gasteiger partial charge in [-0.25, -0.2) is 4.79 Å². The molecule has 11 rings (SSSR count). The number of fused-ring (bicyclic) bond motifs is 3. The third-order valence-corrected chi connectivity index (χ3v) is 18.8. The van der Waals surface area contributed by atoms with Crippen molar-refractivity contribution in [1.82, 2.24) is 10.2 Å². The number of rotatable bonds is 8.